The van der Waals surface area contributed by atoms with Crippen molar-refractivity contribution in [2.45, 2.75) is 38.0 Å². The molecule has 0 aliphatic carbocycles. The number of aromatic nitrogens is 3. The molecule has 1 saturated heterocycles. The van der Waals surface area contributed by atoms with Crippen molar-refractivity contribution in [3.63, 3.8) is 0 Å². The summed E-state index contributed by atoms with van der Waals surface area (Å²) >= 11 is 0. The highest BCUT2D eigenvalue weighted by molar-refractivity contribution is 5.92. The van der Waals surface area contributed by atoms with Crippen LogP contribution in [0.2, 0.25) is 0 Å². The normalized spacial score (nSPS) is 19.4. The Balaban J connectivity index is 1.68. The third kappa shape index (κ3) is 4.75. The zero-order chi connectivity index (χ0) is 25.3. The first-order chi connectivity index (χ1) is 16.7. The SMILES string of the molecule is CO[C@H]1CN(c2cnc3c(C)nnc(N[C@H](C)c4cccc(C(F)(F)CO)c4F)c3c2)C[C@H]1OC. The van der Waals surface area contributed by atoms with E-state index in [2.05, 4.69) is 25.4 Å². The van der Waals surface area contributed by atoms with Gasteiger partial charge in [0.2, 0.25) is 0 Å². The monoisotopic (exact) mass is 491 g/mol. The molecule has 3 atom stereocenters. The lowest BCUT2D eigenvalue weighted by atomic mass is 10.00. The Kier molecular flexibility index (Phi) is 7.11. The molecule has 0 spiro atoms. The lowest BCUT2D eigenvalue weighted by molar-refractivity contribution is -0.0583. The Labute approximate surface area is 201 Å². The van der Waals surface area contributed by atoms with E-state index in [0.29, 0.717) is 35.5 Å². The zero-order valence-corrected chi connectivity index (χ0v) is 19.9. The van der Waals surface area contributed by atoms with Crippen LogP contribution in [0.4, 0.5) is 24.7 Å². The molecule has 35 heavy (non-hydrogen) atoms. The van der Waals surface area contributed by atoms with Crippen molar-refractivity contribution in [1.82, 2.24) is 15.2 Å². The van der Waals surface area contributed by atoms with Crippen LogP contribution >= 0.6 is 0 Å². The summed E-state index contributed by atoms with van der Waals surface area (Å²) in [5, 5.41) is 21.1. The lowest BCUT2D eigenvalue weighted by Crippen LogP contribution is -2.27. The minimum atomic E-state index is -3.69. The number of aryl methyl sites for hydroxylation is 1. The van der Waals surface area contributed by atoms with Crippen molar-refractivity contribution < 1.29 is 27.8 Å². The number of hydrogen-bond donors (Lipinski definition) is 2. The molecule has 0 bridgehead atoms. The Morgan fingerprint density at radius 2 is 1.89 bits per heavy atom. The topological polar surface area (TPSA) is 92.6 Å². The molecule has 0 amide bonds. The summed E-state index contributed by atoms with van der Waals surface area (Å²) in [4.78, 5) is 6.67. The molecular formula is C24H28F3N5O3. The highest BCUT2D eigenvalue weighted by Crippen LogP contribution is 2.34. The summed E-state index contributed by atoms with van der Waals surface area (Å²) in [6.45, 7) is 3.18. The fourth-order valence-corrected chi connectivity index (χ4v) is 4.37. The fraction of sp³-hybridized carbons (Fsp3) is 0.458. The minimum absolute atomic E-state index is 0.0145. The van der Waals surface area contributed by atoms with E-state index in [1.165, 1.54) is 12.1 Å². The predicted molar refractivity (Wildman–Crippen MR) is 125 cm³/mol. The molecule has 1 fully saturated rings. The number of nitrogens with zero attached hydrogens (tertiary/aromatic N) is 4. The third-order valence-corrected chi connectivity index (χ3v) is 6.40. The van der Waals surface area contributed by atoms with Gasteiger partial charge in [0.25, 0.3) is 5.92 Å². The van der Waals surface area contributed by atoms with Crippen LogP contribution in [0.3, 0.4) is 0 Å². The van der Waals surface area contributed by atoms with E-state index < -0.39 is 30.0 Å². The number of ether oxygens (including phenoxy) is 2. The van der Waals surface area contributed by atoms with Crippen molar-refractivity contribution in [2.24, 2.45) is 0 Å². The van der Waals surface area contributed by atoms with E-state index in [0.717, 1.165) is 11.8 Å². The van der Waals surface area contributed by atoms with Gasteiger partial charge in [0.15, 0.2) is 5.82 Å². The first kappa shape index (κ1) is 25.1. The Hall–Kier alpha value is -3.02. The van der Waals surface area contributed by atoms with Gasteiger partial charge in [-0.15, -0.1) is 5.10 Å². The molecule has 11 heteroatoms. The van der Waals surface area contributed by atoms with Gasteiger partial charge in [-0.2, -0.15) is 13.9 Å². The number of halogens is 3. The van der Waals surface area contributed by atoms with Crippen LogP contribution in [0.15, 0.2) is 30.5 Å². The predicted octanol–water partition coefficient (Wildman–Crippen LogP) is 3.58. The van der Waals surface area contributed by atoms with Gasteiger partial charge in [-0.25, -0.2) is 4.39 Å². The largest absolute Gasteiger partial charge is 0.390 e. The smallest absolute Gasteiger partial charge is 0.298 e. The second kappa shape index (κ2) is 9.92. The number of nitrogens with one attached hydrogen (secondary N) is 1. The first-order valence-corrected chi connectivity index (χ1v) is 11.2. The summed E-state index contributed by atoms with van der Waals surface area (Å²) in [5.74, 6) is -4.43. The van der Waals surface area contributed by atoms with E-state index >= 15 is 0 Å². The molecule has 0 radical (unpaired) electrons. The van der Waals surface area contributed by atoms with Crippen molar-refractivity contribution >= 4 is 22.4 Å². The van der Waals surface area contributed by atoms with Crippen LogP contribution in [-0.2, 0) is 15.4 Å². The maximum atomic E-state index is 15.0. The van der Waals surface area contributed by atoms with Gasteiger partial charge in [-0.3, -0.25) is 4.98 Å². The molecule has 0 unspecified atom stereocenters. The van der Waals surface area contributed by atoms with Gasteiger partial charge in [-0.1, -0.05) is 12.1 Å². The van der Waals surface area contributed by atoms with E-state index in [4.69, 9.17) is 14.6 Å². The van der Waals surface area contributed by atoms with Gasteiger partial charge < -0.3 is 24.8 Å². The molecule has 1 aliphatic rings. The molecule has 2 aromatic heterocycles. The Bertz CT molecular complexity index is 1200. The molecule has 0 saturated carbocycles. The molecule has 2 N–H and O–H groups in total. The highest BCUT2D eigenvalue weighted by Gasteiger charge is 2.35. The standard InChI is InChI=1S/C24H28F3N5O3/c1-13(16-6-5-7-18(21(16)25)24(26,27)12-33)29-23-17-8-15(9-28-22(17)14(2)30-31-23)32-10-19(34-3)20(11-32)35-4/h5-9,13,19-20,33H,10-12H2,1-4H3,(H,29,31)/t13-,19-,20+/m1/s1. The van der Waals surface area contributed by atoms with Crippen LogP contribution in [0, 0.1) is 12.7 Å². The van der Waals surface area contributed by atoms with Crippen molar-refractivity contribution in [3.8, 4) is 0 Å². The van der Waals surface area contributed by atoms with Crippen molar-refractivity contribution in [3.05, 3.63) is 53.1 Å². The Morgan fingerprint density at radius 1 is 1.20 bits per heavy atom. The molecule has 188 valence electrons. The number of aliphatic hydroxyl groups excluding tert-OH is 1. The third-order valence-electron chi connectivity index (χ3n) is 6.40. The maximum absolute atomic E-state index is 15.0. The quantitative estimate of drug-likeness (QED) is 0.494. The van der Waals surface area contributed by atoms with Gasteiger partial charge >= 0.3 is 0 Å². The minimum Gasteiger partial charge on any atom is -0.390 e. The average Bonchev–Trinajstić information content (AvgIpc) is 3.29. The number of aliphatic hydroxyl groups is 1. The van der Waals surface area contributed by atoms with Crippen LogP contribution in [0.1, 0.15) is 29.8 Å². The number of rotatable bonds is 8. The number of alkyl halides is 2. The lowest BCUT2D eigenvalue weighted by Gasteiger charge is -2.22. The van der Waals surface area contributed by atoms with Gasteiger partial charge in [0.05, 0.1) is 34.7 Å². The van der Waals surface area contributed by atoms with Gasteiger partial charge in [-0.05, 0) is 26.0 Å². The summed E-state index contributed by atoms with van der Waals surface area (Å²) in [7, 11) is 3.29. The van der Waals surface area contributed by atoms with Crippen LogP contribution < -0.4 is 10.2 Å². The average molecular weight is 492 g/mol. The van der Waals surface area contributed by atoms with Crippen molar-refractivity contribution in [2.75, 3.05) is 44.1 Å². The summed E-state index contributed by atoms with van der Waals surface area (Å²) in [6, 6.07) is 4.90. The molecule has 8 nitrogen and oxygen atoms in total. The summed E-state index contributed by atoms with van der Waals surface area (Å²) in [5.41, 5.74) is 1.22. The van der Waals surface area contributed by atoms with E-state index in [-0.39, 0.29) is 17.8 Å². The van der Waals surface area contributed by atoms with E-state index in [1.54, 1.807) is 34.3 Å². The second-order valence-corrected chi connectivity index (χ2v) is 8.61. The molecule has 3 aromatic rings. The number of methoxy groups -OCH3 is 2. The van der Waals surface area contributed by atoms with Gasteiger partial charge in [0, 0.05) is 38.3 Å². The first-order valence-electron chi connectivity index (χ1n) is 11.2. The van der Waals surface area contributed by atoms with Crippen LogP contribution in [0.5, 0.6) is 0 Å². The Morgan fingerprint density at radius 3 is 2.51 bits per heavy atom. The number of benzene rings is 1. The summed E-state index contributed by atoms with van der Waals surface area (Å²) < 4.78 is 54.0. The summed E-state index contributed by atoms with van der Waals surface area (Å²) in [6.07, 6.45) is 1.57. The fourth-order valence-electron chi connectivity index (χ4n) is 4.37. The number of hydrogen-bond acceptors (Lipinski definition) is 8. The zero-order valence-electron chi connectivity index (χ0n) is 19.9. The van der Waals surface area contributed by atoms with Crippen LogP contribution in [-0.4, -0.2) is 66.4 Å². The van der Waals surface area contributed by atoms with Gasteiger partial charge in [0.1, 0.15) is 24.6 Å². The number of anilines is 2. The molecular weight excluding hydrogens is 463 g/mol. The van der Waals surface area contributed by atoms with Crippen LogP contribution in [0.25, 0.3) is 10.9 Å². The van der Waals surface area contributed by atoms with E-state index in [1.807, 2.05) is 6.07 Å². The maximum Gasteiger partial charge on any atom is 0.298 e. The van der Waals surface area contributed by atoms with E-state index in [9.17, 15) is 13.2 Å². The number of pyridine rings is 1. The second-order valence-electron chi connectivity index (χ2n) is 8.61. The molecule has 3 heterocycles. The number of fused-ring (bicyclic) bond motifs is 1. The highest BCUT2D eigenvalue weighted by atomic mass is 19.3. The molecule has 1 aliphatic heterocycles. The van der Waals surface area contributed by atoms with Crippen molar-refractivity contribution in [1.29, 1.82) is 0 Å². The molecule has 4 rings (SSSR count). The molecule has 1 aromatic carbocycles.